The van der Waals surface area contributed by atoms with Crippen molar-refractivity contribution in [1.29, 1.82) is 0 Å². The summed E-state index contributed by atoms with van der Waals surface area (Å²) < 4.78 is 5.50. The van der Waals surface area contributed by atoms with Gasteiger partial charge in [-0.2, -0.15) is 0 Å². The van der Waals surface area contributed by atoms with Crippen LogP contribution >= 0.6 is 11.8 Å². The SMILES string of the molecule is COC[C@@H]1CCC[C@@H]2SCC[C@H](NC(=O)[C@H](CC[C@H](Cc3ccccc3)C(=O)N[C@H]3CCCCN(c4ccccc4)C3=O)Cc3ccccc3)C(=O)N12. The molecule has 3 aromatic carbocycles. The Hall–Kier alpha value is -4.15. The molecule has 6 rings (SSSR count). The third kappa shape index (κ3) is 10.3. The summed E-state index contributed by atoms with van der Waals surface area (Å²) in [6, 6.07) is 28.3. The van der Waals surface area contributed by atoms with E-state index in [0.29, 0.717) is 51.7 Å². The van der Waals surface area contributed by atoms with Gasteiger partial charge in [0.1, 0.15) is 12.1 Å². The predicted molar refractivity (Wildman–Crippen MR) is 210 cm³/mol. The van der Waals surface area contributed by atoms with Gasteiger partial charge >= 0.3 is 0 Å². The van der Waals surface area contributed by atoms with E-state index in [1.165, 1.54) is 0 Å². The fourth-order valence-electron chi connectivity index (χ4n) is 8.11. The van der Waals surface area contributed by atoms with E-state index in [1.807, 2.05) is 95.9 Å². The highest BCUT2D eigenvalue weighted by molar-refractivity contribution is 7.99. The lowest BCUT2D eigenvalue weighted by Crippen LogP contribution is -2.56. The molecule has 3 aliphatic rings. The maximum Gasteiger partial charge on any atom is 0.249 e. The van der Waals surface area contributed by atoms with Crippen molar-refractivity contribution in [2.75, 3.05) is 30.9 Å². The molecule has 4 amide bonds. The Morgan fingerprint density at radius 1 is 0.717 bits per heavy atom. The lowest BCUT2D eigenvalue weighted by molar-refractivity contribution is -0.142. The van der Waals surface area contributed by atoms with E-state index >= 15 is 0 Å². The number of hydrogen-bond acceptors (Lipinski definition) is 6. The number of anilines is 1. The van der Waals surface area contributed by atoms with Crippen LogP contribution in [0.15, 0.2) is 91.0 Å². The molecule has 6 atom stereocenters. The summed E-state index contributed by atoms with van der Waals surface area (Å²) in [7, 11) is 1.67. The topological polar surface area (TPSA) is 108 Å². The minimum absolute atomic E-state index is 0.00809. The number of piperidine rings is 1. The number of carbonyl (C=O) groups is 4. The Labute approximate surface area is 318 Å². The smallest absolute Gasteiger partial charge is 0.249 e. The molecule has 282 valence electrons. The first-order valence-electron chi connectivity index (χ1n) is 19.4. The number of nitrogens with zero attached hydrogens (tertiary/aromatic N) is 2. The number of rotatable bonds is 14. The molecule has 9 nitrogen and oxygen atoms in total. The number of ether oxygens (including phenoxy) is 1. The van der Waals surface area contributed by atoms with Crippen LogP contribution in [0.25, 0.3) is 0 Å². The van der Waals surface area contributed by atoms with Crippen molar-refractivity contribution in [3.8, 4) is 0 Å². The van der Waals surface area contributed by atoms with Crippen molar-refractivity contribution >= 4 is 41.1 Å². The second-order valence-electron chi connectivity index (χ2n) is 14.7. The van der Waals surface area contributed by atoms with E-state index in [2.05, 4.69) is 10.6 Å². The second-order valence-corrected chi connectivity index (χ2v) is 16.0. The van der Waals surface area contributed by atoms with Crippen LogP contribution in [0.5, 0.6) is 0 Å². The molecular formula is C43H54N4O5S. The molecule has 3 heterocycles. The summed E-state index contributed by atoms with van der Waals surface area (Å²) in [5.74, 6) is -0.549. The fraction of sp³-hybridized carbons (Fsp3) is 0.488. The number of amides is 4. The monoisotopic (exact) mass is 738 g/mol. The van der Waals surface area contributed by atoms with Gasteiger partial charge in [0, 0.05) is 31.2 Å². The summed E-state index contributed by atoms with van der Waals surface area (Å²) in [6.45, 7) is 1.11. The van der Waals surface area contributed by atoms with Crippen molar-refractivity contribution in [3.63, 3.8) is 0 Å². The molecule has 3 saturated heterocycles. The fourth-order valence-corrected chi connectivity index (χ4v) is 9.52. The molecular weight excluding hydrogens is 685 g/mol. The molecule has 3 aliphatic heterocycles. The molecule has 0 unspecified atom stereocenters. The van der Waals surface area contributed by atoms with Crippen molar-refractivity contribution in [2.24, 2.45) is 11.8 Å². The van der Waals surface area contributed by atoms with Crippen LogP contribution in [0.4, 0.5) is 5.69 Å². The van der Waals surface area contributed by atoms with Gasteiger partial charge in [-0.3, -0.25) is 19.2 Å². The maximum absolute atomic E-state index is 14.3. The zero-order valence-corrected chi connectivity index (χ0v) is 31.7. The Kier molecular flexibility index (Phi) is 14.0. The number of thioether (sulfide) groups is 1. The van der Waals surface area contributed by atoms with Crippen LogP contribution in [0.3, 0.4) is 0 Å². The van der Waals surface area contributed by atoms with Gasteiger partial charge in [0.05, 0.1) is 18.0 Å². The van der Waals surface area contributed by atoms with Crippen LogP contribution in [0.1, 0.15) is 68.9 Å². The maximum atomic E-state index is 14.3. The lowest BCUT2D eigenvalue weighted by Gasteiger charge is -2.41. The Balaban J connectivity index is 1.19. The van der Waals surface area contributed by atoms with Gasteiger partial charge in [-0.05, 0) is 99.6 Å². The molecule has 0 saturated carbocycles. The average molecular weight is 739 g/mol. The van der Waals surface area contributed by atoms with Gasteiger partial charge in [-0.25, -0.2) is 0 Å². The molecule has 10 heteroatoms. The van der Waals surface area contributed by atoms with Crippen molar-refractivity contribution in [3.05, 3.63) is 102 Å². The lowest BCUT2D eigenvalue weighted by atomic mass is 9.86. The highest BCUT2D eigenvalue weighted by atomic mass is 32.2. The summed E-state index contributed by atoms with van der Waals surface area (Å²) in [5.41, 5.74) is 2.89. The number of hydrogen-bond donors (Lipinski definition) is 2. The molecule has 0 spiro atoms. The van der Waals surface area contributed by atoms with Crippen molar-refractivity contribution in [2.45, 2.75) is 94.1 Å². The van der Waals surface area contributed by atoms with Crippen molar-refractivity contribution in [1.82, 2.24) is 15.5 Å². The van der Waals surface area contributed by atoms with Gasteiger partial charge < -0.3 is 25.2 Å². The minimum atomic E-state index is -0.619. The summed E-state index contributed by atoms with van der Waals surface area (Å²) in [5, 5.41) is 6.46. The Morgan fingerprint density at radius 2 is 1.28 bits per heavy atom. The quantitative estimate of drug-likeness (QED) is 0.205. The molecule has 0 aromatic heterocycles. The molecule has 0 aliphatic carbocycles. The Morgan fingerprint density at radius 3 is 1.87 bits per heavy atom. The molecule has 3 aromatic rings. The zero-order valence-electron chi connectivity index (χ0n) is 30.9. The molecule has 3 fully saturated rings. The van der Waals surface area contributed by atoms with E-state index in [9.17, 15) is 19.2 Å². The molecule has 0 bridgehead atoms. The zero-order chi connectivity index (χ0) is 37.0. The number of methoxy groups -OCH3 is 1. The first kappa shape index (κ1) is 38.6. The third-order valence-electron chi connectivity index (χ3n) is 11.0. The predicted octanol–water partition coefficient (Wildman–Crippen LogP) is 6.16. The normalized spacial score (nSPS) is 23.3. The number of fused-ring (bicyclic) bond motifs is 1. The summed E-state index contributed by atoms with van der Waals surface area (Å²) in [4.78, 5) is 60.2. The standard InChI is InChI=1S/C43H54N4O5S/c1-52-30-36-20-13-22-39-47(36)43(51)38(25-27-53-39)45-41(49)34(29-32-16-7-3-8-17-32)24-23-33(28-31-14-5-2-6-15-31)40(48)44-37-21-11-12-26-46(42(37)50)35-18-9-4-10-19-35/h2-10,14-19,33-34,36-39H,11-13,20-30H2,1H3,(H,44,48)(H,45,49)/t33-,34-,36+,37+,38+,39+/m1/s1. The van der Waals surface area contributed by atoms with Gasteiger partial charge in [-0.1, -0.05) is 78.9 Å². The van der Waals surface area contributed by atoms with Crippen LogP contribution in [0, 0.1) is 11.8 Å². The van der Waals surface area contributed by atoms with E-state index in [1.54, 1.807) is 23.8 Å². The van der Waals surface area contributed by atoms with Gasteiger partial charge in [0.2, 0.25) is 23.6 Å². The van der Waals surface area contributed by atoms with Gasteiger partial charge in [0.15, 0.2) is 0 Å². The number of benzene rings is 3. The van der Waals surface area contributed by atoms with Crippen LogP contribution < -0.4 is 15.5 Å². The summed E-state index contributed by atoms with van der Waals surface area (Å²) in [6.07, 6.45) is 7.67. The average Bonchev–Trinajstić information content (AvgIpc) is 3.46. The van der Waals surface area contributed by atoms with E-state index in [0.717, 1.165) is 54.7 Å². The highest BCUT2D eigenvalue weighted by Gasteiger charge is 2.41. The van der Waals surface area contributed by atoms with Crippen LogP contribution in [-0.2, 0) is 36.8 Å². The highest BCUT2D eigenvalue weighted by Crippen LogP contribution is 2.35. The molecule has 53 heavy (non-hydrogen) atoms. The third-order valence-corrected chi connectivity index (χ3v) is 12.3. The minimum Gasteiger partial charge on any atom is -0.383 e. The number of carbonyl (C=O) groups excluding carboxylic acids is 4. The summed E-state index contributed by atoms with van der Waals surface area (Å²) >= 11 is 1.80. The van der Waals surface area contributed by atoms with Crippen LogP contribution in [-0.4, -0.2) is 78.0 Å². The van der Waals surface area contributed by atoms with E-state index in [4.69, 9.17) is 4.74 Å². The largest absolute Gasteiger partial charge is 0.383 e. The van der Waals surface area contributed by atoms with Gasteiger partial charge in [-0.15, -0.1) is 11.8 Å². The van der Waals surface area contributed by atoms with Crippen LogP contribution in [0.2, 0.25) is 0 Å². The molecule has 2 N–H and O–H groups in total. The molecule has 0 radical (unpaired) electrons. The first-order valence-corrected chi connectivity index (χ1v) is 20.4. The second kappa shape index (κ2) is 19.3. The van der Waals surface area contributed by atoms with E-state index < -0.39 is 23.9 Å². The van der Waals surface area contributed by atoms with Gasteiger partial charge in [0.25, 0.3) is 0 Å². The van der Waals surface area contributed by atoms with E-state index in [-0.39, 0.29) is 35.0 Å². The first-order chi connectivity index (χ1) is 25.9. The Bertz CT molecular complexity index is 1640. The number of para-hydroxylation sites is 1. The van der Waals surface area contributed by atoms with Crippen molar-refractivity contribution < 1.29 is 23.9 Å². The number of nitrogens with one attached hydrogen (secondary N) is 2.